The number of carbonyl (C=O) groups is 1. The van der Waals surface area contributed by atoms with Gasteiger partial charge in [0.1, 0.15) is 0 Å². The van der Waals surface area contributed by atoms with Gasteiger partial charge in [0.2, 0.25) is 0 Å². The maximum atomic E-state index is 12.6. The van der Waals surface area contributed by atoms with E-state index < -0.39 is 5.76 Å². The quantitative estimate of drug-likeness (QED) is 0.936. The van der Waals surface area contributed by atoms with Crippen LogP contribution in [0, 0.1) is 5.92 Å². The summed E-state index contributed by atoms with van der Waals surface area (Å²) in [4.78, 5) is 26.0. The third-order valence-corrected chi connectivity index (χ3v) is 4.28. The predicted octanol–water partition coefficient (Wildman–Crippen LogP) is 2.41. The average molecular weight is 333 g/mol. The monoisotopic (exact) mass is 333 g/mol. The Morgan fingerprint density at radius 1 is 1.42 bits per heavy atom. The number of nitrogens with one attached hydrogen (secondary N) is 1. The first-order valence-electron chi connectivity index (χ1n) is 8.20. The zero-order chi connectivity index (χ0) is 17.3. The Morgan fingerprint density at radius 3 is 2.96 bits per heavy atom. The van der Waals surface area contributed by atoms with Crippen LogP contribution in [-0.2, 0) is 11.8 Å². The average Bonchev–Trinajstić information content (AvgIpc) is 2.81. The van der Waals surface area contributed by atoms with Crippen LogP contribution in [0.15, 0.2) is 27.4 Å². The molecule has 1 N–H and O–H groups in total. The number of fused-ring (bicyclic) bond motifs is 1. The van der Waals surface area contributed by atoms with E-state index in [2.05, 4.69) is 19.2 Å². The van der Waals surface area contributed by atoms with Crippen LogP contribution in [0.2, 0.25) is 0 Å². The molecule has 0 aliphatic carbocycles. The van der Waals surface area contributed by atoms with Crippen LogP contribution >= 0.6 is 0 Å². The highest BCUT2D eigenvalue weighted by atomic mass is 16.5. The van der Waals surface area contributed by atoms with E-state index >= 15 is 0 Å². The van der Waals surface area contributed by atoms with Gasteiger partial charge in [0.15, 0.2) is 5.58 Å². The van der Waals surface area contributed by atoms with Crippen LogP contribution in [0.1, 0.15) is 20.3 Å². The van der Waals surface area contributed by atoms with Crippen molar-refractivity contribution >= 4 is 22.8 Å². The van der Waals surface area contributed by atoms with Crippen molar-refractivity contribution < 1.29 is 13.9 Å². The number of oxazole rings is 1. The molecule has 1 aliphatic rings. The molecule has 0 spiro atoms. The fourth-order valence-corrected chi connectivity index (χ4v) is 3.07. The van der Waals surface area contributed by atoms with Gasteiger partial charge in [-0.05, 0) is 24.5 Å². The van der Waals surface area contributed by atoms with Gasteiger partial charge >= 0.3 is 11.8 Å². The fraction of sp³-hybridized carbons (Fsp3) is 0.529. The van der Waals surface area contributed by atoms with Gasteiger partial charge in [0, 0.05) is 25.3 Å². The summed E-state index contributed by atoms with van der Waals surface area (Å²) in [6, 6.07) is 5.14. The second-order valence-electron chi connectivity index (χ2n) is 6.59. The number of carbonyl (C=O) groups excluding carboxylic acids is 1. The molecule has 1 saturated heterocycles. The van der Waals surface area contributed by atoms with E-state index in [1.807, 2.05) is 4.90 Å². The molecule has 2 heterocycles. The molecule has 24 heavy (non-hydrogen) atoms. The molecule has 0 unspecified atom stereocenters. The van der Waals surface area contributed by atoms with Crippen molar-refractivity contribution in [2.75, 3.05) is 25.1 Å². The number of hydrogen-bond acceptors (Lipinski definition) is 4. The van der Waals surface area contributed by atoms with Crippen molar-refractivity contribution in [2.45, 2.75) is 26.3 Å². The van der Waals surface area contributed by atoms with Gasteiger partial charge in [0.25, 0.3) is 0 Å². The van der Waals surface area contributed by atoms with E-state index in [9.17, 15) is 9.59 Å². The minimum absolute atomic E-state index is 0.0807. The minimum Gasteiger partial charge on any atom is -0.408 e. The summed E-state index contributed by atoms with van der Waals surface area (Å²) in [6.07, 6.45) is 0.903. The Hall–Kier alpha value is -2.28. The number of urea groups is 1. The van der Waals surface area contributed by atoms with Crippen LogP contribution in [0.4, 0.5) is 10.5 Å². The highest BCUT2D eigenvalue weighted by Gasteiger charge is 2.28. The maximum absolute atomic E-state index is 12.6. The molecule has 7 nitrogen and oxygen atoms in total. The Kier molecular flexibility index (Phi) is 4.62. The van der Waals surface area contributed by atoms with Crippen LogP contribution in [-0.4, -0.2) is 41.3 Å². The van der Waals surface area contributed by atoms with Gasteiger partial charge in [-0.3, -0.25) is 4.57 Å². The highest BCUT2D eigenvalue weighted by Crippen LogP contribution is 2.20. The van der Waals surface area contributed by atoms with E-state index in [1.165, 1.54) is 4.57 Å². The lowest BCUT2D eigenvalue weighted by Crippen LogP contribution is -2.50. The molecule has 1 aromatic carbocycles. The number of anilines is 1. The molecule has 0 radical (unpaired) electrons. The zero-order valence-corrected chi connectivity index (χ0v) is 14.2. The summed E-state index contributed by atoms with van der Waals surface area (Å²) in [5.41, 5.74) is 1.76. The third-order valence-electron chi connectivity index (χ3n) is 4.28. The molecule has 0 saturated carbocycles. The lowest BCUT2D eigenvalue weighted by Gasteiger charge is -2.36. The molecule has 1 aliphatic heterocycles. The molecule has 130 valence electrons. The predicted molar refractivity (Wildman–Crippen MR) is 91.2 cm³/mol. The van der Waals surface area contributed by atoms with Crippen LogP contribution in [0.5, 0.6) is 0 Å². The minimum atomic E-state index is -0.418. The van der Waals surface area contributed by atoms with E-state index in [0.29, 0.717) is 42.5 Å². The summed E-state index contributed by atoms with van der Waals surface area (Å²) in [5, 5.41) is 2.90. The summed E-state index contributed by atoms with van der Waals surface area (Å²) in [7, 11) is 1.65. The topological polar surface area (TPSA) is 76.7 Å². The Morgan fingerprint density at radius 2 is 2.21 bits per heavy atom. The first kappa shape index (κ1) is 16.6. The molecular weight excluding hydrogens is 310 g/mol. The number of aryl methyl sites for hydroxylation is 1. The van der Waals surface area contributed by atoms with E-state index in [-0.39, 0.29) is 12.1 Å². The standard InChI is InChI=1S/C17H23N3O4/c1-11(2)8-13-10-23-7-6-20(13)16(21)18-12-4-5-14-15(9-12)24-17(22)19(14)3/h4-5,9,11,13H,6-8,10H2,1-3H3,(H,18,21)/t13-/m1/s1. The number of nitrogens with zero attached hydrogens (tertiary/aromatic N) is 2. The SMILES string of the molecule is CC(C)C[C@@H]1COCCN1C(=O)Nc1ccc2c(c1)oc(=O)n2C. The summed E-state index contributed by atoms with van der Waals surface area (Å²) < 4.78 is 12.1. The molecule has 2 aromatic rings. The lowest BCUT2D eigenvalue weighted by molar-refractivity contribution is 0.00857. The number of ether oxygens (including phenoxy) is 1. The van der Waals surface area contributed by atoms with Crippen molar-refractivity contribution in [3.63, 3.8) is 0 Å². The summed E-state index contributed by atoms with van der Waals surface area (Å²) in [5.74, 6) is 0.0700. The van der Waals surface area contributed by atoms with Crippen LogP contribution in [0.25, 0.3) is 11.1 Å². The number of aromatic nitrogens is 1. The highest BCUT2D eigenvalue weighted by molar-refractivity contribution is 5.91. The normalized spacial score (nSPS) is 18.3. The molecule has 7 heteroatoms. The van der Waals surface area contributed by atoms with Crippen molar-refractivity contribution in [1.82, 2.24) is 9.47 Å². The molecule has 1 fully saturated rings. The van der Waals surface area contributed by atoms with Gasteiger partial charge in [0.05, 0.1) is 24.8 Å². The third kappa shape index (κ3) is 3.31. The van der Waals surface area contributed by atoms with Gasteiger partial charge in [-0.15, -0.1) is 0 Å². The molecule has 3 rings (SSSR count). The number of benzene rings is 1. The number of morpholine rings is 1. The van der Waals surface area contributed by atoms with Gasteiger partial charge in [-0.2, -0.15) is 0 Å². The van der Waals surface area contributed by atoms with Gasteiger partial charge in [-0.25, -0.2) is 9.59 Å². The van der Waals surface area contributed by atoms with Crippen LogP contribution in [0.3, 0.4) is 0 Å². The molecule has 1 atom stereocenters. The Labute approximate surface area is 140 Å². The first-order valence-corrected chi connectivity index (χ1v) is 8.20. The maximum Gasteiger partial charge on any atom is 0.419 e. The van der Waals surface area contributed by atoms with E-state index in [4.69, 9.17) is 9.15 Å². The second kappa shape index (κ2) is 6.68. The summed E-state index contributed by atoms with van der Waals surface area (Å²) >= 11 is 0. The Balaban J connectivity index is 1.76. The number of hydrogen-bond donors (Lipinski definition) is 1. The van der Waals surface area contributed by atoms with Gasteiger partial charge in [-0.1, -0.05) is 13.8 Å². The number of rotatable bonds is 3. The molecule has 0 bridgehead atoms. The second-order valence-corrected chi connectivity index (χ2v) is 6.59. The summed E-state index contributed by atoms with van der Waals surface area (Å²) in [6.45, 7) is 5.96. The van der Waals surface area contributed by atoms with Crippen molar-refractivity contribution in [3.05, 3.63) is 28.7 Å². The largest absolute Gasteiger partial charge is 0.419 e. The van der Waals surface area contributed by atoms with Crippen molar-refractivity contribution in [2.24, 2.45) is 13.0 Å². The molecular formula is C17H23N3O4. The Bertz CT molecular complexity index is 793. The first-order chi connectivity index (χ1) is 11.5. The van der Waals surface area contributed by atoms with E-state index in [1.54, 1.807) is 25.2 Å². The van der Waals surface area contributed by atoms with Gasteiger partial charge < -0.3 is 19.4 Å². The van der Waals surface area contributed by atoms with Crippen molar-refractivity contribution in [1.29, 1.82) is 0 Å². The van der Waals surface area contributed by atoms with E-state index in [0.717, 1.165) is 6.42 Å². The number of amides is 2. The van der Waals surface area contributed by atoms with Crippen molar-refractivity contribution in [3.8, 4) is 0 Å². The zero-order valence-electron chi connectivity index (χ0n) is 14.2. The fourth-order valence-electron chi connectivity index (χ4n) is 3.07. The smallest absolute Gasteiger partial charge is 0.408 e. The lowest BCUT2D eigenvalue weighted by atomic mass is 10.0. The molecule has 2 amide bonds. The van der Waals surface area contributed by atoms with Crippen LogP contribution < -0.4 is 11.1 Å². The molecule has 1 aromatic heterocycles.